The molecule has 4 rings (SSSR count). The van der Waals surface area contributed by atoms with Gasteiger partial charge in [0, 0.05) is 18.3 Å². The van der Waals surface area contributed by atoms with Crippen molar-refractivity contribution in [2.75, 3.05) is 0 Å². The van der Waals surface area contributed by atoms with Crippen LogP contribution >= 0.6 is 0 Å². The molecule has 0 unspecified atom stereocenters. The van der Waals surface area contributed by atoms with E-state index in [4.69, 9.17) is 4.74 Å². The summed E-state index contributed by atoms with van der Waals surface area (Å²) >= 11 is 0. The lowest BCUT2D eigenvalue weighted by molar-refractivity contribution is -0.169. The van der Waals surface area contributed by atoms with Crippen molar-refractivity contribution in [3.05, 3.63) is 11.6 Å². The largest absolute Gasteiger partial charge is 0.462 e. The molecule has 0 aromatic heterocycles. The summed E-state index contributed by atoms with van der Waals surface area (Å²) in [6.07, 6.45) is 2.64. The fourth-order valence-corrected chi connectivity index (χ4v) is 6.71. The van der Waals surface area contributed by atoms with Crippen molar-refractivity contribution >= 4 is 11.8 Å². The highest BCUT2D eigenvalue weighted by Crippen LogP contribution is 2.66. The Morgan fingerprint density at radius 1 is 1.15 bits per heavy atom. The molecule has 3 saturated carbocycles. The van der Waals surface area contributed by atoms with Gasteiger partial charge in [-0.25, -0.2) is 0 Å². The number of esters is 1. The summed E-state index contributed by atoms with van der Waals surface area (Å²) in [4.78, 5) is 24.5. The average molecular weight is 378 g/mol. The van der Waals surface area contributed by atoms with Crippen molar-refractivity contribution in [1.82, 2.24) is 0 Å². The predicted molar refractivity (Wildman–Crippen MR) is 96.5 cm³/mol. The zero-order chi connectivity index (χ0) is 19.8. The molecular formula is C21H30O6. The number of aliphatic hydroxyl groups is 3. The van der Waals surface area contributed by atoms with Crippen LogP contribution in [0.15, 0.2) is 11.6 Å². The standard InChI is InChI=1S/C21H30O6/c1-11(22)27-18-5-7-21(26)13-8-15(23)14-9-16(24)17(25)10-19(14,2)12(13)4-6-20(18,21)3/h8,12,14,16-18,24-26H,4-7,9-10H2,1-3H3/t12-,14-,16+,17-,18-,19+,20+,21+/m0/s1. The van der Waals surface area contributed by atoms with E-state index in [0.717, 1.165) is 12.0 Å². The van der Waals surface area contributed by atoms with Gasteiger partial charge in [0.15, 0.2) is 5.78 Å². The lowest BCUT2D eigenvalue weighted by atomic mass is 9.46. The van der Waals surface area contributed by atoms with Crippen LogP contribution in [0.2, 0.25) is 0 Å². The van der Waals surface area contributed by atoms with Crippen LogP contribution in [-0.2, 0) is 14.3 Å². The zero-order valence-electron chi connectivity index (χ0n) is 16.3. The first kappa shape index (κ1) is 19.1. The normalized spacial score (nSPS) is 51.7. The molecule has 8 atom stereocenters. The number of allylic oxidation sites excluding steroid dienone is 1. The highest BCUT2D eigenvalue weighted by Gasteiger charge is 2.67. The fourth-order valence-electron chi connectivity index (χ4n) is 6.71. The minimum Gasteiger partial charge on any atom is -0.462 e. The summed E-state index contributed by atoms with van der Waals surface area (Å²) in [5.74, 6) is -0.763. The average Bonchev–Trinajstić information content (AvgIpc) is 2.83. The summed E-state index contributed by atoms with van der Waals surface area (Å²) < 4.78 is 5.53. The molecule has 0 spiro atoms. The lowest BCUT2D eigenvalue weighted by Crippen LogP contribution is -2.61. The minimum absolute atomic E-state index is 0.0171. The van der Waals surface area contributed by atoms with E-state index in [1.165, 1.54) is 6.92 Å². The van der Waals surface area contributed by atoms with Crippen LogP contribution in [0.4, 0.5) is 0 Å². The highest BCUT2D eigenvalue weighted by atomic mass is 16.5. The van der Waals surface area contributed by atoms with Gasteiger partial charge in [-0.1, -0.05) is 13.8 Å². The molecule has 0 heterocycles. The molecule has 0 amide bonds. The van der Waals surface area contributed by atoms with E-state index >= 15 is 0 Å². The van der Waals surface area contributed by atoms with Gasteiger partial charge < -0.3 is 20.1 Å². The second kappa shape index (κ2) is 5.88. The molecule has 6 heteroatoms. The number of carbonyl (C=O) groups excluding carboxylic acids is 2. The second-order valence-corrected chi connectivity index (χ2v) is 9.64. The molecule has 6 nitrogen and oxygen atoms in total. The number of ketones is 1. The van der Waals surface area contributed by atoms with Gasteiger partial charge in [-0.15, -0.1) is 0 Å². The molecule has 0 bridgehead atoms. The van der Waals surface area contributed by atoms with Crippen molar-refractivity contribution in [3.63, 3.8) is 0 Å². The molecule has 0 radical (unpaired) electrons. The first-order valence-electron chi connectivity index (χ1n) is 10.0. The van der Waals surface area contributed by atoms with Gasteiger partial charge in [-0.3, -0.25) is 9.59 Å². The van der Waals surface area contributed by atoms with E-state index in [-0.39, 0.29) is 36.1 Å². The van der Waals surface area contributed by atoms with E-state index in [0.29, 0.717) is 25.7 Å². The summed E-state index contributed by atoms with van der Waals surface area (Å²) in [5, 5.41) is 32.2. The van der Waals surface area contributed by atoms with Crippen LogP contribution < -0.4 is 0 Å². The smallest absolute Gasteiger partial charge is 0.302 e. The molecule has 0 aromatic carbocycles. The van der Waals surface area contributed by atoms with Crippen molar-refractivity contribution < 1.29 is 29.6 Å². The van der Waals surface area contributed by atoms with E-state index < -0.39 is 28.6 Å². The van der Waals surface area contributed by atoms with Gasteiger partial charge in [0.1, 0.15) is 6.10 Å². The maximum atomic E-state index is 13.0. The van der Waals surface area contributed by atoms with Crippen LogP contribution in [0.5, 0.6) is 0 Å². The fraction of sp³-hybridized carbons (Fsp3) is 0.810. The van der Waals surface area contributed by atoms with Crippen LogP contribution in [0.3, 0.4) is 0 Å². The molecule has 3 N–H and O–H groups in total. The number of hydrogen-bond acceptors (Lipinski definition) is 6. The Hall–Kier alpha value is -1.24. The predicted octanol–water partition coefficient (Wildman–Crippen LogP) is 1.51. The van der Waals surface area contributed by atoms with Gasteiger partial charge in [-0.2, -0.15) is 0 Å². The van der Waals surface area contributed by atoms with E-state index in [9.17, 15) is 24.9 Å². The Kier molecular flexibility index (Phi) is 4.16. The van der Waals surface area contributed by atoms with E-state index in [2.05, 4.69) is 0 Å². The summed E-state index contributed by atoms with van der Waals surface area (Å²) in [6.45, 7) is 5.37. The topological polar surface area (TPSA) is 104 Å². The first-order chi connectivity index (χ1) is 12.5. The summed E-state index contributed by atoms with van der Waals surface area (Å²) in [7, 11) is 0. The van der Waals surface area contributed by atoms with Gasteiger partial charge in [0.2, 0.25) is 0 Å². The Labute approximate surface area is 159 Å². The maximum Gasteiger partial charge on any atom is 0.302 e. The van der Waals surface area contributed by atoms with Crippen molar-refractivity contribution in [3.8, 4) is 0 Å². The molecule has 0 aromatic rings. The van der Waals surface area contributed by atoms with Gasteiger partial charge in [-0.05, 0) is 61.5 Å². The molecular weight excluding hydrogens is 348 g/mol. The van der Waals surface area contributed by atoms with Crippen LogP contribution in [-0.4, -0.2) is 51.0 Å². The first-order valence-corrected chi connectivity index (χ1v) is 10.0. The zero-order valence-corrected chi connectivity index (χ0v) is 16.3. The van der Waals surface area contributed by atoms with Crippen molar-refractivity contribution in [2.24, 2.45) is 22.7 Å². The Morgan fingerprint density at radius 3 is 2.52 bits per heavy atom. The molecule has 4 aliphatic rings. The molecule has 0 aliphatic heterocycles. The molecule has 4 aliphatic carbocycles. The van der Waals surface area contributed by atoms with Crippen molar-refractivity contribution in [2.45, 2.75) is 83.2 Å². The number of hydrogen-bond donors (Lipinski definition) is 3. The molecule has 150 valence electrons. The van der Waals surface area contributed by atoms with Gasteiger partial charge in [0.25, 0.3) is 0 Å². The maximum absolute atomic E-state index is 13.0. The minimum atomic E-state index is -1.18. The van der Waals surface area contributed by atoms with Gasteiger partial charge in [0.05, 0.1) is 17.8 Å². The third-order valence-electron chi connectivity index (χ3n) is 8.34. The summed E-state index contributed by atoms with van der Waals surface area (Å²) in [6, 6.07) is 0. The third-order valence-corrected chi connectivity index (χ3v) is 8.34. The number of rotatable bonds is 1. The lowest BCUT2D eigenvalue weighted by Gasteiger charge is -2.59. The number of ether oxygens (including phenoxy) is 1. The Morgan fingerprint density at radius 2 is 1.85 bits per heavy atom. The quantitative estimate of drug-likeness (QED) is 0.598. The third kappa shape index (κ3) is 2.42. The molecule has 27 heavy (non-hydrogen) atoms. The van der Waals surface area contributed by atoms with Crippen LogP contribution in [0.1, 0.15) is 59.3 Å². The van der Waals surface area contributed by atoms with E-state index in [1.54, 1.807) is 6.08 Å². The van der Waals surface area contributed by atoms with Crippen molar-refractivity contribution in [1.29, 1.82) is 0 Å². The Balaban J connectivity index is 1.75. The molecule has 3 fully saturated rings. The summed E-state index contributed by atoms with van der Waals surface area (Å²) in [5.41, 5.74) is -1.52. The highest BCUT2D eigenvalue weighted by molar-refractivity contribution is 5.95. The second-order valence-electron chi connectivity index (χ2n) is 9.64. The van der Waals surface area contributed by atoms with E-state index in [1.807, 2.05) is 13.8 Å². The van der Waals surface area contributed by atoms with Crippen LogP contribution in [0, 0.1) is 22.7 Å². The molecule has 0 saturated heterocycles. The monoisotopic (exact) mass is 378 g/mol. The van der Waals surface area contributed by atoms with Crippen LogP contribution in [0.25, 0.3) is 0 Å². The van der Waals surface area contributed by atoms with Gasteiger partial charge >= 0.3 is 5.97 Å². The number of aliphatic hydroxyl groups excluding tert-OH is 2. The SMILES string of the molecule is CC(=O)O[C@H]1CC[C@@]2(O)C3=CC(=O)[C@@H]4C[C@@H](O)[C@@H](O)C[C@]4(C)[C@H]3CC[C@]12C. The Bertz CT molecular complexity index is 715. The number of fused-ring (bicyclic) bond motifs is 5. The number of carbonyl (C=O) groups is 2.